The Morgan fingerprint density at radius 1 is 1.00 bits per heavy atom. The molecule has 2 aromatic rings. The molecule has 1 saturated heterocycles. The number of benzene rings is 2. The topological polar surface area (TPSA) is 29.5 Å². The molecule has 2 atom stereocenters. The van der Waals surface area contributed by atoms with Crippen molar-refractivity contribution < 1.29 is 22.7 Å². The Balaban J connectivity index is 1.35. The van der Waals surface area contributed by atoms with E-state index in [1.807, 2.05) is 35.2 Å². The van der Waals surface area contributed by atoms with Crippen molar-refractivity contribution in [3.63, 3.8) is 0 Å². The lowest BCUT2D eigenvalue weighted by molar-refractivity contribution is -0.137. The average molecular weight is 415 g/mol. The Hall–Kier alpha value is -2.76. The van der Waals surface area contributed by atoms with Gasteiger partial charge in [-0.3, -0.25) is 4.90 Å². The molecule has 2 heterocycles. The van der Waals surface area contributed by atoms with Crippen molar-refractivity contribution >= 4 is 6.09 Å². The number of nitrogens with zero attached hydrogens (tertiary/aromatic N) is 1. The van der Waals surface area contributed by atoms with Crippen molar-refractivity contribution in [2.75, 3.05) is 0 Å². The van der Waals surface area contributed by atoms with E-state index in [-0.39, 0.29) is 24.8 Å². The number of carbonyl (C=O) groups is 1. The quantitative estimate of drug-likeness (QED) is 0.549. The molecule has 0 aromatic heterocycles. The maximum Gasteiger partial charge on any atom is 0.416 e. The number of ether oxygens (including phenoxy) is 1. The lowest BCUT2D eigenvalue weighted by Crippen LogP contribution is -2.43. The molecule has 0 spiro atoms. The minimum Gasteiger partial charge on any atom is -0.445 e. The van der Waals surface area contributed by atoms with Crippen molar-refractivity contribution in [2.45, 2.75) is 57.0 Å². The van der Waals surface area contributed by atoms with Gasteiger partial charge in [0.2, 0.25) is 0 Å². The minimum atomic E-state index is -4.32. The first-order valence-electron chi connectivity index (χ1n) is 10.2. The van der Waals surface area contributed by atoms with Crippen molar-refractivity contribution in [1.29, 1.82) is 0 Å². The number of amides is 1. The molecule has 2 aromatic carbocycles. The second kappa shape index (κ2) is 8.54. The van der Waals surface area contributed by atoms with Gasteiger partial charge in [0.25, 0.3) is 0 Å². The van der Waals surface area contributed by atoms with Gasteiger partial charge in [0.05, 0.1) is 11.6 Å². The van der Waals surface area contributed by atoms with E-state index in [1.165, 1.54) is 17.7 Å². The molecule has 2 aliphatic heterocycles. The lowest BCUT2D eigenvalue weighted by atomic mass is 9.95. The number of fused-ring (bicyclic) bond motifs is 2. The van der Waals surface area contributed by atoms with Gasteiger partial charge < -0.3 is 4.74 Å². The van der Waals surface area contributed by atoms with Crippen LogP contribution >= 0.6 is 0 Å². The van der Waals surface area contributed by atoms with Crippen molar-refractivity contribution in [3.8, 4) is 0 Å². The summed E-state index contributed by atoms with van der Waals surface area (Å²) in [5, 5.41) is 0. The van der Waals surface area contributed by atoms with Crippen LogP contribution in [0.3, 0.4) is 0 Å². The zero-order valence-electron chi connectivity index (χ0n) is 16.6. The molecule has 0 radical (unpaired) electrons. The Labute approximate surface area is 174 Å². The largest absolute Gasteiger partial charge is 0.445 e. The van der Waals surface area contributed by atoms with E-state index in [0.29, 0.717) is 18.4 Å². The van der Waals surface area contributed by atoms with Gasteiger partial charge in [0, 0.05) is 6.04 Å². The number of rotatable bonds is 5. The number of hydrogen-bond donors (Lipinski definition) is 0. The third-order valence-electron chi connectivity index (χ3n) is 5.88. The highest BCUT2D eigenvalue weighted by Crippen LogP contribution is 2.37. The van der Waals surface area contributed by atoms with Crippen molar-refractivity contribution in [2.24, 2.45) is 0 Å². The van der Waals surface area contributed by atoms with Crippen LogP contribution in [0.5, 0.6) is 0 Å². The Morgan fingerprint density at radius 2 is 1.77 bits per heavy atom. The highest BCUT2D eigenvalue weighted by atomic mass is 19.4. The van der Waals surface area contributed by atoms with Gasteiger partial charge in [0.15, 0.2) is 0 Å². The van der Waals surface area contributed by atoms with Crippen LogP contribution in [0.4, 0.5) is 18.0 Å². The fraction of sp³-hybridized carbons (Fsp3) is 0.375. The van der Waals surface area contributed by atoms with Gasteiger partial charge in [-0.2, -0.15) is 13.2 Å². The Bertz CT molecular complexity index is 924. The molecule has 0 saturated carbocycles. The summed E-state index contributed by atoms with van der Waals surface area (Å²) in [5.41, 5.74) is 2.24. The van der Waals surface area contributed by atoms with Crippen LogP contribution in [-0.2, 0) is 23.9 Å². The van der Waals surface area contributed by atoms with Crippen LogP contribution < -0.4 is 0 Å². The van der Waals surface area contributed by atoms with Crippen LogP contribution in [0.1, 0.15) is 42.4 Å². The summed E-state index contributed by atoms with van der Waals surface area (Å²) >= 11 is 0. The Kier molecular flexibility index (Phi) is 5.84. The SMILES string of the molecule is O=C(OCc1ccccc1)N1C2C=C(CCc3cccc(C(F)(F)F)c3)CC1CC2. The predicted octanol–water partition coefficient (Wildman–Crippen LogP) is 6.14. The minimum absolute atomic E-state index is 0.0172. The molecule has 30 heavy (non-hydrogen) atoms. The van der Waals surface area contributed by atoms with Crippen LogP contribution in [0.25, 0.3) is 0 Å². The highest BCUT2D eigenvalue weighted by molar-refractivity contribution is 5.70. The fourth-order valence-electron chi connectivity index (χ4n) is 4.39. The standard InChI is InChI=1S/C24H24F3NO2/c25-24(26,27)20-8-4-7-17(13-20)9-10-19-14-21-11-12-22(15-19)28(21)23(29)30-16-18-5-2-1-3-6-18/h1-8,13-14,21-22H,9-12,15-16H2. The molecule has 4 rings (SSSR count). The van der Waals surface area contributed by atoms with Gasteiger partial charge >= 0.3 is 12.3 Å². The molecular formula is C24H24F3NO2. The first kappa shape index (κ1) is 20.5. The lowest BCUT2D eigenvalue weighted by Gasteiger charge is -2.33. The first-order chi connectivity index (χ1) is 14.4. The maximum atomic E-state index is 12.9. The van der Waals surface area contributed by atoms with E-state index in [4.69, 9.17) is 4.74 Å². The summed E-state index contributed by atoms with van der Waals surface area (Å²) in [6.07, 6.45) is 1.36. The summed E-state index contributed by atoms with van der Waals surface area (Å²) in [7, 11) is 0. The molecule has 1 amide bonds. The molecule has 6 heteroatoms. The van der Waals surface area contributed by atoms with Gasteiger partial charge in [-0.25, -0.2) is 4.79 Å². The van der Waals surface area contributed by atoms with E-state index in [0.717, 1.165) is 30.9 Å². The van der Waals surface area contributed by atoms with E-state index in [1.54, 1.807) is 6.07 Å². The number of alkyl halides is 3. The fourth-order valence-corrected chi connectivity index (χ4v) is 4.39. The molecular weight excluding hydrogens is 391 g/mol. The summed E-state index contributed by atoms with van der Waals surface area (Å²) in [6.45, 7) is 0.252. The first-order valence-corrected chi connectivity index (χ1v) is 10.2. The third-order valence-corrected chi connectivity index (χ3v) is 5.88. The third kappa shape index (κ3) is 4.69. The number of carbonyl (C=O) groups excluding carboxylic acids is 1. The molecule has 2 unspecified atom stereocenters. The van der Waals surface area contributed by atoms with E-state index < -0.39 is 11.7 Å². The zero-order chi connectivity index (χ0) is 21.1. The van der Waals surface area contributed by atoms with E-state index in [2.05, 4.69) is 6.08 Å². The molecule has 0 aliphatic carbocycles. The molecule has 158 valence electrons. The zero-order valence-corrected chi connectivity index (χ0v) is 16.6. The monoisotopic (exact) mass is 415 g/mol. The summed E-state index contributed by atoms with van der Waals surface area (Å²) in [4.78, 5) is 14.4. The molecule has 2 aliphatic rings. The number of hydrogen-bond acceptors (Lipinski definition) is 2. The van der Waals surface area contributed by atoms with E-state index >= 15 is 0 Å². The van der Waals surface area contributed by atoms with E-state index in [9.17, 15) is 18.0 Å². The number of aryl methyl sites for hydroxylation is 1. The predicted molar refractivity (Wildman–Crippen MR) is 108 cm³/mol. The molecule has 0 N–H and O–H groups in total. The van der Waals surface area contributed by atoms with Crippen LogP contribution in [0.2, 0.25) is 0 Å². The molecule has 3 nitrogen and oxygen atoms in total. The van der Waals surface area contributed by atoms with Crippen LogP contribution in [-0.4, -0.2) is 23.1 Å². The number of halogens is 3. The van der Waals surface area contributed by atoms with Gasteiger partial charge in [-0.05, 0) is 49.3 Å². The van der Waals surface area contributed by atoms with Crippen molar-refractivity contribution in [3.05, 3.63) is 82.9 Å². The Morgan fingerprint density at radius 3 is 2.50 bits per heavy atom. The summed E-state index contributed by atoms with van der Waals surface area (Å²) < 4.78 is 44.2. The van der Waals surface area contributed by atoms with Gasteiger partial charge in [0.1, 0.15) is 6.61 Å². The van der Waals surface area contributed by atoms with Crippen LogP contribution in [0.15, 0.2) is 66.2 Å². The van der Waals surface area contributed by atoms with Crippen molar-refractivity contribution in [1.82, 2.24) is 4.90 Å². The highest BCUT2D eigenvalue weighted by Gasteiger charge is 2.40. The second-order valence-corrected chi connectivity index (χ2v) is 7.97. The van der Waals surface area contributed by atoms with Gasteiger partial charge in [-0.15, -0.1) is 0 Å². The second-order valence-electron chi connectivity index (χ2n) is 7.97. The maximum absolute atomic E-state index is 12.9. The van der Waals surface area contributed by atoms with Gasteiger partial charge in [-0.1, -0.05) is 60.2 Å². The average Bonchev–Trinajstić information content (AvgIpc) is 3.01. The summed E-state index contributed by atoms with van der Waals surface area (Å²) in [6, 6.07) is 15.2. The smallest absolute Gasteiger partial charge is 0.416 e. The molecule has 2 bridgehead atoms. The summed E-state index contributed by atoms with van der Waals surface area (Å²) in [5.74, 6) is 0. The molecule has 1 fully saturated rings. The normalized spacial score (nSPS) is 20.8. The van der Waals surface area contributed by atoms with Crippen LogP contribution in [0, 0.1) is 0 Å².